The maximum Gasteiger partial charge on any atom is 0.433 e. The standard InChI is InChI=1S/C17H16F3N5O/c18-17(19,20)14-8-15(24-11-23-14)25-6-3-12(4-7-25)10-26-16-13(9-21)2-1-5-22-16/h1-2,5,8,11-12H,3-4,6-7,10H2. The molecule has 0 atom stereocenters. The number of nitrogens with zero attached hydrogens (tertiary/aromatic N) is 5. The van der Waals surface area contributed by atoms with Crippen LogP contribution in [-0.2, 0) is 6.18 Å². The number of alkyl halides is 3. The van der Waals surface area contributed by atoms with Crippen LogP contribution >= 0.6 is 0 Å². The van der Waals surface area contributed by atoms with Crippen molar-refractivity contribution in [1.29, 1.82) is 5.26 Å². The summed E-state index contributed by atoms with van der Waals surface area (Å²) in [4.78, 5) is 13.1. The second-order valence-electron chi connectivity index (χ2n) is 5.97. The van der Waals surface area contributed by atoms with Gasteiger partial charge in [-0.15, -0.1) is 0 Å². The second kappa shape index (κ2) is 7.56. The van der Waals surface area contributed by atoms with Crippen molar-refractivity contribution in [1.82, 2.24) is 15.0 Å². The number of rotatable bonds is 4. The van der Waals surface area contributed by atoms with E-state index in [1.165, 1.54) is 0 Å². The topological polar surface area (TPSA) is 74.9 Å². The molecule has 0 radical (unpaired) electrons. The van der Waals surface area contributed by atoms with Crippen molar-refractivity contribution in [2.75, 3.05) is 24.6 Å². The zero-order chi connectivity index (χ0) is 18.6. The van der Waals surface area contributed by atoms with Gasteiger partial charge in [0.25, 0.3) is 0 Å². The van der Waals surface area contributed by atoms with Crippen molar-refractivity contribution >= 4 is 5.82 Å². The lowest BCUT2D eigenvalue weighted by Gasteiger charge is -2.32. The van der Waals surface area contributed by atoms with E-state index in [9.17, 15) is 13.2 Å². The molecular formula is C17H16F3N5O. The zero-order valence-corrected chi connectivity index (χ0v) is 13.8. The van der Waals surface area contributed by atoms with Crippen LogP contribution < -0.4 is 9.64 Å². The number of aromatic nitrogens is 3. The largest absolute Gasteiger partial charge is 0.476 e. The summed E-state index contributed by atoms with van der Waals surface area (Å²) in [6.45, 7) is 1.57. The van der Waals surface area contributed by atoms with E-state index < -0.39 is 11.9 Å². The van der Waals surface area contributed by atoms with Crippen molar-refractivity contribution in [3.63, 3.8) is 0 Å². The van der Waals surface area contributed by atoms with Gasteiger partial charge in [-0.25, -0.2) is 15.0 Å². The summed E-state index contributed by atoms with van der Waals surface area (Å²) in [5.41, 5.74) is -0.558. The highest BCUT2D eigenvalue weighted by molar-refractivity contribution is 5.40. The molecule has 0 spiro atoms. The molecule has 136 valence electrons. The molecule has 6 nitrogen and oxygen atoms in total. The Hall–Kier alpha value is -2.89. The fourth-order valence-corrected chi connectivity index (χ4v) is 2.79. The van der Waals surface area contributed by atoms with E-state index in [0.29, 0.717) is 31.1 Å². The average molecular weight is 363 g/mol. The number of hydrogen-bond donors (Lipinski definition) is 0. The Morgan fingerprint density at radius 2 is 2.00 bits per heavy atom. The highest BCUT2D eigenvalue weighted by atomic mass is 19.4. The maximum absolute atomic E-state index is 12.8. The summed E-state index contributed by atoms with van der Waals surface area (Å²) in [6, 6.07) is 6.31. The van der Waals surface area contributed by atoms with Gasteiger partial charge in [0.1, 0.15) is 29.5 Å². The van der Waals surface area contributed by atoms with Crippen LogP contribution in [0.25, 0.3) is 0 Å². The molecule has 26 heavy (non-hydrogen) atoms. The monoisotopic (exact) mass is 363 g/mol. The smallest absolute Gasteiger partial charge is 0.433 e. The molecule has 1 aliphatic heterocycles. The Morgan fingerprint density at radius 3 is 2.69 bits per heavy atom. The Labute approximate surface area is 148 Å². The number of anilines is 1. The molecule has 0 saturated carbocycles. The van der Waals surface area contributed by atoms with E-state index in [0.717, 1.165) is 25.2 Å². The lowest BCUT2D eigenvalue weighted by Crippen LogP contribution is -2.36. The Balaban J connectivity index is 1.56. The van der Waals surface area contributed by atoms with Gasteiger partial charge in [-0.3, -0.25) is 0 Å². The highest BCUT2D eigenvalue weighted by Crippen LogP contribution is 2.30. The van der Waals surface area contributed by atoms with Gasteiger partial charge in [-0.2, -0.15) is 18.4 Å². The van der Waals surface area contributed by atoms with Crippen LogP contribution in [0.5, 0.6) is 5.88 Å². The molecule has 0 bridgehead atoms. The van der Waals surface area contributed by atoms with Gasteiger partial charge in [0, 0.05) is 25.4 Å². The predicted molar refractivity (Wildman–Crippen MR) is 86.4 cm³/mol. The minimum atomic E-state index is -4.48. The van der Waals surface area contributed by atoms with E-state index in [2.05, 4.69) is 15.0 Å². The van der Waals surface area contributed by atoms with Gasteiger partial charge < -0.3 is 9.64 Å². The first-order chi connectivity index (χ1) is 12.5. The van der Waals surface area contributed by atoms with E-state index in [4.69, 9.17) is 10.00 Å². The first-order valence-corrected chi connectivity index (χ1v) is 8.09. The highest BCUT2D eigenvalue weighted by Gasteiger charge is 2.33. The van der Waals surface area contributed by atoms with Gasteiger partial charge >= 0.3 is 6.18 Å². The van der Waals surface area contributed by atoms with Gasteiger partial charge in [-0.1, -0.05) is 0 Å². The van der Waals surface area contributed by atoms with Gasteiger partial charge in [0.2, 0.25) is 5.88 Å². The lowest BCUT2D eigenvalue weighted by atomic mass is 9.98. The van der Waals surface area contributed by atoms with Crippen molar-refractivity contribution < 1.29 is 17.9 Å². The third-order valence-electron chi connectivity index (χ3n) is 4.23. The Morgan fingerprint density at radius 1 is 1.23 bits per heavy atom. The van der Waals surface area contributed by atoms with Gasteiger partial charge in [0.15, 0.2) is 0 Å². The fourth-order valence-electron chi connectivity index (χ4n) is 2.79. The third-order valence-corrected chi connectivity index (χ3v) is 4.23. The van der Waals surface area contributed by atoms with Crippen LogP contribution in [-0.4, -0.2) is 34.6 Å². The Kier molecular flexibility index (Phi) is 5.21. The van der Waals surface area contributed by atoms with Crippen LogP contribution in [0.1, 0.15) is 24.1 Å². The molecule has 3 rings (SSSR count). The molecule has 1 fully saturated rings. The molecule has 0 aromatic carbocycles. The lowest BCUT2D eigenvalue weighted by molar-refractivity contribution is -0.141. The number of pyridine rings is 1. The summed E-state index contributed by atoms with van der Waals surface area (Å²) >= 11 is 0. The van der Waals surface area contributed by atoms with Crippen LogP contribution in [0.3, 0.4) is 0 Å². The molecule has 0 amide bonds. The van der Waals surface area contributed by atoms with Crippen LogP contribution in [0.2, 0.25) is 0 Å². The molecule has 9 heteroatoms. The van der Waals surface area contributed by atoms with Crippen molar-refractivity contribution in [3.05, 3.63) is 42.0 Å². The summed E-state index contributed by atoms with van der Waals surface area (Å²) < 4.78 is 43.9. The molecule has 2 aromatic rings. The van der Waals surface area contributed by atoms with Crippen molar-refractivity contribution in [3.8, 4) is 11.9 Å². The normalized spacial score (nSPS) is 15.5. The molecule has 0 aliphatic carbocycles. The van der Waals surface area contributed by atoms with Gasteiger partial charge in [0.05, 0.1) is 6.61 Å². The minimum absolute atomic E-state index is 0.240. The summed E-state index contributed by atoms with van der Waals surface area (Å²) in [6.07, 6.45) is -0.477. The Bertz CT molecular complexity index is 797. The van der Waals surface area contributed by atoms with Crippen LogP contribution in [0.4, 0.5) is 19.0 Å². The SMILES string of the molecule is N#Cc1cccnc1OCC1CCN(c2cc(C(F)(F)F)ncn2)CC1. The van der Waals surface area contributed by atoms with Crippen molar-refractivity contribution in [2.45, 2.75) is 19.0 Å². The van der Waals surface area contributed by atoms with E-state index >= 15 is 0 Å². The average Bonchev–Trinajstić information content (AvgIpc) is 2.66. The predicted octanol–water partition coefficient (Wildman–Crippen LogP) is 3.06. The summed E-state index contributed by atoms with van der Waals surface area (Å²) in [7, 11) is 0. The first kappa shape index (κ1) is 17.9. The van der Waals surface area contributed by atoms with E-state index in [-0.39, 0.29) is 11.7 Å². The molecule has 3 heterocycles. The molecule has 0 N–H and O–H groups in total. The number of piperidine rings is 1. The van der Waals surface area contributed by atoms with Crippen molar-refractivity contribution in [2.24, 2.45) is 5.92 Å². The zero-order valence-electron chi connectivity index (χ0n) is 13.8. The number of hydrogen-bond acceptors (Lipinski definition) is 6. The number of halogens is 3. The second-order valence-corrected chi connectivity index (χ2v) is 5.97. The maximum atomic E-state index is 12.8. The first-order valence-electron chi connectivity index (χ1n) is 8.09. The number of nitriles is 1. The molecule has 1 saturated heterocycles. The molecule has 1 aliphatic rings. The minimum Gasteiger partial charge on any atom is -0.476 e. The van der Waals surface area contributed by atoms with Crippen LogP contribution in [0, 0.1) is 17.2 Å². The quantitative estimate of drug-likeness (QED) is 0.831. The van der Waals surface area contributed by atoms with Crippen LogP contribution in [0.15, 0.2) is 30.7 Å². The molecule has 2 aromatic heterocycles. The van der Waals surface area contributed by atoms with E-state index in [1.54, 1.807) is 18.3 Å². The third kappa shape index (κ3) is 4.20. The number of ether oxygens (including phenoxy) is 1. The van der Waals surface area contributed by atoms with Gasteiger partial charge in [-0.05, 0) is 30.9 Å². The fraction of sp³-hybridized carbons (Fsp3) is 0.412. The molecule has 0 unspecified atom stereocenters. The summed E-state index contributed by atoms with van der Waals surface area (Å²) in [5, 5.41) is 9.03. The molecular weight excluding hydrogens is 347 g/mol. The van der Waals surface area contributed by atoms with E-state index in [1.807, 2.05) is 11.0 Å². The summed E-state index contributed by atoms with van der Waals surface area (Å²) in [5.74, 6) is 0.829.